The molecule has 0 aliphatic heterocycles. The van der Waals surface area contributed by atoms with Crippen molar-refractivity contribution in [1.29, 1.82) is 0 Å². The van der Waals surface area contributed by atoms with Gasteiger partial charge in [0.05, 0.1) is 22.7 Å². The zero-order valence-electron chi connectivity index (χ0n) is 10.0. The number of halogens is 4. The molecule has 2 nitrogen and oxygen atoms in total. The smallest absolute Gasteiger partial charge is 0.391 e. The van der Waals surface area contributed by atoms with E-state index in [1.54, 1.807) is 13.8 Å². The van der Waals surface area contributed by atoms with Crippen LogP contribution in [-0.4, -0.2) is 11.2 Å². The van der Waals surface area contributed by atoms with Crippen LogP contribution in [0.2, 0.25) is 5.02 Å². The molecule has 1 aromatic carbocycles. The van der Waals surface area contributed by atoms with Crippen molar-refractivity contribution in [2.75, 3.05) is 0 Å². The Kier molecular flexibility index (Phi) is 4.64. The van der Waals surface area contributed by atoms with Crippen molar-refractivity contribution in [1.82, 2.24) is 0 Å². The molecule has 3 N–H and O–H groups in total. The zero-order chi connectivity index (χ0) is 14.1. The Hall–Kier alpha value is -0.780. The van der Waals surface area contributed by atoms with Gasteiger partial charge in [-0.2, -0.15) is 13.2 Å². The molecule has 0 bridgehead atoms. The second-order valence-corrected chi connectivity index (χ2v) is 4.84. The first kappa shape index (κ1) is 15.3. The number of nitrogens with two attached hydrogens (primary N) is 1. The number of aliphatic hydroxyl groups excluding tert-OH is 1. The van der Waals surface area contributed by atoms with Gasteiger partial charge in [0, 0.05) is 0 Å². The molecule has 0 spiro atoms. The van der Waals surface area contributed by atoms with Gasteiger partial charge in [-0.15, -0.1) is 0 Å². The summed E-state index contributed by atoms with van der Waals surface area (Å²) >= 11 is 5.73. The predicted molar refractivity (Wildman–Crippen MR) is 64.2 cm³/mol. The van der Waals surface area contributed by atoms with E-state index in [0.717, 1.165) is 6.07 Å². The van der Waals surface area contributed by atoms with Crippen LogP contribution in [0.1, 0.15) is 31.0 Å². The van der Waals surface area contributed by atoms with Crippen molar-refractivity contribution >= 4 is 11.6 Å². The molecule has 0 radical (unpaired) electrons. The van der Waals surface area contributed by atoms with E-state index in [9.17, 15) is 18.3 Å². The lowest BCUT2D eigenvalue weighted by Crippen LogP contribution is -2.31. The van der Waals surface area contributed by atoms with Gasteiger partial charge in [0.15, 0.2) is 0 Å². The largest absolute Gasteiger partial charge is 0.417 e. The van der Waals surface area contributed by atoms with Gasteiger partial charge in [-0.05, 0) is 17.5 Å². The van der Waals surface area contributed by atoms with Crippen LogP contribution in [0.3, 0.4) is 0 Å². The topological polar surface area (TPSA) is 46.2 Å². The lowest BCUT2D eigenvalue weighted by Gasteiger charge is -2.24. The van der Waals surface area contributed by atoms with E-state index in [2.05, 4.69) is 0 Å². The molecule has 1 rings (SSSR count). The first-order valence-electron chi connectivity index (χ1n) is 5.45. The van der Waals surface area contributed by atoms with Crippen LogP contribution in [-0.2, 0) is 6.18 Å². The van der Waals surface area contributed by atoms with Crippen molar-refractivity contribution < 1.29 is 18.3 Å². The highest BCUT2D eigenvalue weighted by Gasteiger charge is 2.35. The van der Waals surface area contributed by atoms with Crippen LogP contribution >= 0.6 is 11.6 Å². The molecular formula is C12H15ClF3NO. The Morgan fingerprint density at radius 2 is 1.83 bits per heavy atom. The lowest BCUT2D eigenvalue weighted by atomic mass is 9.93. The number of hydrogen-bond donors (Lipinski definition) is 2. The highest BCUT2D eigenvalue weighted by atomic mass is 35.5. The van der Waals surface area contributed by atoms with Gasteiger partial charge >= 0.3 is 6.18 Å². The van der Waals surface area contributed by atoms with Crippen molar-refractivity contribution in [3.8, 4) is 0 Å². The maximum absolute atomic E-state index is 12.7. The fourth-order valence-corrected chi connectivity index (χ4v) is 1.98. The Labute approximate surface area is 109 Å². The summed E-state index contributed by atoms with van der Waals surface area (Å²) in [6, 6.07) is 2.57. The van der Waals surface area contributed by atoms with Crippen LogP contribution < -0.4 is 5.73 Å². The molecular weight excluding hydrogens is 267 g/mol. The van der Waals surface area contributed by atoms with Gasteiger partial charge in [0.2, 0.25) is 0 Å². The molecule has 1 aromatic rings. The highest BCUT2D eigenvalue weighted by molar-refractivity contribution is 6.32. The summed E-state index contributed by atoms with van der Waals surface area (Å²) in [5.74, 6) is -0.175. The molecule has 0 aliphatic carbocycles. The van der Waals surface area contributed by atoms with E-state index >= 15 is 0 Å². The summed E-state index contributed by atoms with van der Waals surface area (Å²) in [5, 5.41) is 9.35. The molecule has 0 aromatic heterocycles. The maximum Gasteiger partial charge on any atom is 0.417 e. The third kappa shape index (κ3) is 3.16. The summed E-state index contributed by atoms with van der Waals surface area (Å²) < 4.78 is 38.0. The molecule has 6 heteroatoms. The van der Waals surface area contributed by atoms with Gasteiger partial charge in [-0.25, -0.2) is 0 Å². The van der Waals surface area contributed by atoms with Gasteiger partial charge in [-0.1, -0.05) is 37.6 Å². The monoisotopic (exact) mass is 281 g/mol. The van der Waals surface area contributed by atoms with Crippen molar-refractivity contribution in [2.45, 2.75) is 32.2 Å². The van der Waals surface area contributed by atoms with Crippen LogP contribution in [0.4, 0.5) is 13.2 Å². The number of alkyl halides is 3. The van der Waals surface area contributed by atoms with Crippen LogP contribution in [0.5, 0.6) is 0 Å². The molecule has 102 valence electrons. The summed E-state index contributed by atoms with van der Waals surface area (Å²) in [5.41, 5.74) is 4.92. The van der Waals surface area contributed by atoms with Gasteiger partial charge in [-0.3, -0.25) is 0 Å². The minimum atomic E-state index is -4.53. The van der Waals surface area contributed by atoms with E-state index in [0.29, 0.717) is 0 Å². The fourth-order valence-electron chi connectivity index (χ4n) is 1.62. The summed E-state index contributed by atoms with van der Waals surface area (Å²) in [7, 11) is 0. The SMILES string of the molecule is CC(C)[C@H](O)[C@H](N)c1cccc(C(F)(F)F)c1Cl. The van der Waals surface area contributed by atoms with E-state index in [-0.39, 0.29) is 11.5 Å². The Morgan fingerprint density at radius 3 is 2.28 bits per heavy atom. The molecule has 0 saturated heterocycles. The Morgan fingerprint density at radius 1 is 1.28 bits per heavy atom. The van der Waals surface area contributed by atoms with Gasteiger partial charge < -0.3 is 10.8 Å². The average molecular weight is 282 g/mol. The number of hydrogen-bond acceptors (Lipinski definition) is 2. The summed E-state index contributed by atoms with van der Waals surface area (Å²) in [6.45, 7) is 3.46. The first-order chi connectivity index (χ1) is 8.16. The third-order valence-electron chi connectivity index (χ3n) is 2.74. The van der Waals surface area contributed by atoms with E-state index in [1.807, 2.05) is 0 Å². The number of aliphatic hydroxyl groups is 1. The molecule has 0 fully saturated rings. The average Bonchev–Trinajstić information content (AvgIpc) is 2.25. The molecule has 0 amide bonds. The normalized spacial score (nSPS) is 15.8. The minimum absolute atomic E-state index is 0.104. The summed E-state index contributed by atoms with van der Waals surface area (Å²) in [4.78, 5) is 0. The molecule has 0 heterocycles. The summed E-state index contributed by atoms with van der Waals surface area (Å²) in [6.07, 6.45) is -5.48. The molecule has 0 unspecified atom stereocenters. The van der Waals surface area contributed by atoms with E-state index in [4.69, 9.17) is 17.3 Å². The first-order valence-corrected chi connectivity index (χ1v) is 5.83. The van der Waals surface area contributed by atoms with Crippen LogP contribution in [0.15, 0.2) is 18.2 Å². The second-order valence-electron chi connectivity index (χ2n) is 4.47. The van der Waals surface area contributed by atoms with Crippen LogP contribution in [0, 0.1) is 5.92 Å². The predicted octanol–water partition coefficient (Wildman–Crippen LogP) is 3.38. The molecule has 18 heavy (non-hydrogen) atoms. The minimum Gasteiger partial charge on any atom is -0.391 e. The standard InChI is InChI=1S/C12H15ClF3NO/c1-6(2)11(18)10(17)7-4-3-5-8(9(7)13)12(14,15)16/h3-6,10-11,18H,17H2,1-2H3/t10-,11+/m1/s1. The quantitative estimate of drug-likeness (QED) is 0.892. The fraction of sp³-hybridized carbons (Fsp3) is 0.500. The van der Waals surface area contributed by atoms with Crippen LogP contribution in [0.25, 0.3) is 0 Å². The zero-order valence-corrected chi connectivity index (χ0v) is 10.8. The van der Waals surface area contributed by atoms with Crippen molar-refractivity contribution in [3.63, 3.8) is 0 Å². The van der Waals surface area contributed by atoms with Crippen molar-refractivity contribution in [3.05, 3.63) is 34.3 Å². The van der Waals surface area contributed by atoms with E-state index in [1.165, 1.54) is 12.1 Å². The highest BCUT2D eigenvalue weighted by Crippen LogP contribution is 2.38. The van der Waals surface area contributed by atoms with E-state index < -0.39 is 28.9 Å². The van der Waals surface area contributed by atoms with Gasteiger partial charge in [0.25, 0.3) is 0 Å². The Balaban J connectivity index is 3.19. The number of benzene rings is 1. The lowest BCUT2D eigenvalue weighted by molar-refractivity contribution is -0.137. The Bertz CT molecular complexity index is 420. The molecule has 0 saturated carbocycles. The molecule has 2 atom stereocenters. The molecule has 0 aliphatic rings. The van der Waals surface area contributed by atoms with Gasteiger partial charge in [0.1, 0.15) is 0 Å². The second kappa shape index (κ2) is 5.47. The number of rotatable bonds is 3. The third-order valence-corrected chi connectivity index (χ3v) is 3.17. The maximum atomic E-state index is 12.7. The van der Waals surface area contributed by atoms with Crippen molar-refractivity contribution in [2.24, 2.45) is 11.7 Å².